The van der Waals surface area contributed by atoms with Gasteiger partial charge in [-0.2, -0.15) is 0 Å². The Balaban J connectivity index is 1.53. The number of ether oxygens (including phenoxy) is 1. The third-order valence-electron chi connectivity index (χ3n) is 4.43. The van der Waals surface area contributed by atoms with Crippen LogP contribution in [0.1, 0.15) is 31.2 Å². The topological polar surface area (TPSA) is 9.23 Å². The number of rotatable bonds is 4. The fraction of sp³-hybridized carbons (Fsp3) is 0.600. The Morgan fingerprint density at radius 1 is 1.12 bits per heavy atom. The highest BCUT2D eigenvalue weighted by atomic mass is 35.5. The van der Waals surface area contributed by atoms with Gasteiger partial charge in [-0.3, -0.25) is 0 Å². The molecule has 92 valence electrons. The number of hydrogen-bond acceptors (Lipinski definition) is 1. The highest BCUT2D eigenvalue weighted by Gasteiger charge is 2.39. The Morgan fingerprint density at radius 2 is 1.94 bits per heavy atom. The number of halogens is 1. The molecule has 0 aliphatic heterocycles. The molecule has 2 aliphatic carbocycles. The summed E-state index contributed by atoms with van der Waals surface area (Å²) in [5.74, 6) is 4.32. The van der Waals surface area contributed by atoms with Gasteiger partial charge in [-0.25, -0.2) is 0 Å². The van der Waals surface area contributed by atoms with Gasteiger partial charge in [0.1, 0.15) is 5.75 Å². The Morgan fingerprint density at radius 3 is 2.53 bits per heavy atom. The van der Waals surface area contributed by atoms with Crippen molar-refractivity contribution in [1.82, 2.24) is 0 Å². The predicted octanol–water partition coefficient (Wildman–Crippen LogP) is 4.24. The lowest BCUT2D eigenvalue weighted by atomic mass is 9.89. The first-order valence-corrected chi connectivity index (χ1v) is 7.16. The zero-order valence-corrected chi connectivity index (χ0v) is 10.8. The van der Waals surface area contributed by atoms with Crippen LogP contribution in [0.5, 0.6) is 5.75 Å². The maximum atomic E-state index is 5.90. The van der Waals surface area contributed by atoms with Crippen molar-refractivity contribution < 1.29 is 4.74 Å². The summed E-state index contributed by atoms with van der Waals surface area (Å²) in [6, 6.07) is 8.15. The summed E-state index contributed by atoms with van der Waals surface area (Å²) in [7, 11) is 0. The molecule has 2 saturated carbocycles. The van der Waals surface area contributed by atoms with Crippen molar-refractivity contribution in [2.45, 2.75) is 31.6 Å². The number of fused-ring (bicyclic) bond motifs is 2. The summed E-state index contributed by atoms with van der Waals surface area (Å²) in [5.41, 5.74) is 1.15. The molecule has 1 nitrogen and oxygen atoms in total. The first kappa shape index (κ1) is 11.4. The monoisotopic (exact) mass is 250 g/mol. The molecule has 0 N–H and O–H groups in total. The minimum absolute atomic E-state index is 0.576. The van der Waals surface area contributed by atoms with Gasteiger partial charge in [0.25, 0.3) is 0 Å². The standard InChI is InChI=1S/C15H19ClO/c16-9-11-2-5-15(6-3-11)17-10-14-8-12-1-4-13(14)7-12/h2-3,5-6,12-14H,1,4,7-10H2. The molecule has 1 aromatic carbocycles. The van der Waals surface area contributed by atoms with Crippen molar-refractivity contribution in [3.63, 3.8) is 0 Å². The van der Waals surface area contributed by atoms with Crippen LogP contribution in [0.3, 0.4) is 0 Å². The van der Waals surface area contributed by atoms with E-state index in [1.165, 1.54) is 25.7 Å². The molecule has 0 amide bonds. The lowest BCUT2D eigenvalue weighted by Gasteiger charge is -2.21. The van der Waals surface area contributed by atoms with E-state index in [-0.39, 0.29) is 0 Å². The summed E-state index contributed by atoms with van der Waals surface area (Å²) in [6.45, 7) is 0.904. The molecule has 3 unspecified atom stereocenters. The van der Waals surface area contributed by atoms with Crippen molar-refractivity contribution in [3.8, 4) is 5.75 Å². The molecule has 0 aromatic heterocycles. The van der Waals surface area contributed by atoms with Gasteiger partial charge in [-0.05, 0) is 54.7 Å². The van der Waals surface area contributed by atoms with E-state index in [1.807, 2.05) is 24.3 Å². The van der Waals surface area contributed by atoms with Gasteiger partial charge in [-0.1, -0.05) is 18.6 Å². The molecule has 0 spiro atoms. The van der Waals surface area contributed by atoms with Gasteiger partial charge in [0.05, 0.1) is 6.61 Å². The normalized spacial score (nSPS) is 30.8. The van der Waals surface area contributed by atoms with E-state index in [2.05, 4.69) is 0 Å². The van der Waals surface area contributed by atoms with Crippen molar-refractivity contribution in [1.29, 1.82) is 0 Å². The van der Waals surface area contributed by atoms with Gasteiger partial charge >= 0.3 is 0 Å². The van der Waals surface area contributed by atoms with Crippen molar-refractivity contribution in [2.24, 2.45) is 17.8 Å². The average molecular weight is 251 g/mol. The van der Waals surface area contributed by atoms with E-state index >= 15 is 0 Å². The third-order valence-corrected chi connectivity index (χ3v) is 4.73. The van der Waals surface area contributed by atoms with Gasteiger partial charge in [-0.15, -0.1) is 11.6 Å². The predicted molar refractivity (Wildman–Crippen MR) is 70.4 cm³/mol. The first-order valence-electron chi connectivity index (χ1n) is 6.63. The molecule has 2 heteroatoms. The van der Waals surface area contributed by atoms with Crippen LogP contribution in [0.25, 0.3) is 0 Å². The van der Waals surface area contributed by atoms with Crippen LogP contribution in [0.4, 0.5) is 0 Å². The fourth-order valence-electron chi connectivity index (χ4n) is 3.46. The van der Waals surface area contributed by atoms with Crippen LogP contribution in [-0.4, -0.2) is 6.61 Å². The third kappa shape index (κ3) is 2.44. The highest BCUT2D eigenvalue weighted by molar-refractivity contribution is 6.17. The Kier molecular flexibility index (Phi) is 3.28. The van der Waals surface area contributed by atoms with Gasteiger partial charge in [0.15, 0.2) is 0 Å². The molecule has 2 aliphatic rings. The maximum Gasteiger partial charge on any atom is 0.119 e. The summed E-state index contributed by atoms with van der Waals surface area (Å²) in [5, 5.41) is 0. The minimum Gasteiger partial charge on any atom is -0.493 e. The highest BCUT2D eigenvalue weighted by Crippen LogP contribution is 2.48. The zero-order chi connectivity index (χ0) is 11.7. The minimum atomic E-state index is 0.576. The van der Waals surface area contributed by atoms with Gasteiger partial charge in [0.2, 0.25) is 0 Å². The van der Waals surface area contributed by atoms with E-state index in [0.717, 1.165) is 35.7 Å². The molecule has 1 aromatic rings. The van der Waals surface area contributed by atoms with Crippen LogP contribution in [-0.2, 0) is 5.88 Å². The maximum absolute atomic E-state index is 5.90. The van der Waals surface area contributed by atoms with Gasteiger partial charge in [0, 0.05) is 5.88 Å². The Labute approximate surface area is 108 Å². The van der Waals surface area contributed by atoms with E-state index in [9.17, 15) is 0 Å². The first-order chi connectivity index (χ1) is 8.35. The fourth-order valence-corrected chi connectivity index (χ4v) is 3.64. The van der Waals surface area contributed by atoms with Crippen LogP contribution in [0.15, 0.2) is 24.3 Å². The summed E-state index contributed by atoms with van der Waals surface area (Å²) < 4.78 is 5.90. The second-order valence-electron chi connectivity index (χ2n) is 5.52. The summed E-state index contributed by atoms with van der Waals surface area (Å²) in [6.07, 6.45) is 5.75. The second-order valence-corrected chi connectivity index (χ2v) is 5.79. The zero-order valence-electron chi connectivity index (χ0n) is 10.1. The van der Waals surface area contributed by atoms with Crippen molar-refractivity contribution >= 4 is 11.6 Å². The molecular weight excluding hydrogens is 232 g/mol. The average Bonchev–Trinajstić information content (AvgIpc) is 2.99. The van der Waals surface area contributed by atoms with E-state index in [0.29, 0.717) is 5.88 Å². The molecule has 0 saturated heterocycles. The molecule has 3 rings (SSSR count). The molecule has 0 heterocycles. The number of alkyl halides is 1. The lowest BCUT2D eigenvalue weighted by Crippen LogP contribution is -2.18. The molecule has 2 bridgehead atoms. The Hall–Kier alpha value is -0.690. The molecule has 2 fully saturated rings. The van der Waals surface area contributed by atoms with E-state index < -0.39 is 0 Å². The Bertz CT molecular complexity index is 373. The smallest absolute Gasteiger partial charge is 0.119 e. The molecule has 17 heavy (non-hydrogen) atoms. The van der Waals surface area contributed by atoms with Crippen LogP contribution >= 0.6 is 11.6 Å². The summed E-state index contributed by atoms with van der Waals surface area (Å²) >= 11 is 5.76. The molecular formula is C15H19ClO. The lowest BCUT2D eigenvalue weighted by molar-refractivity contribution is 0.195. The van der Waals surface area contributed by atoms with E-state index in [1.54, 1.807) is 0 Å². The SMILES string of the molecule is ClCc1ccc(OCC2CC3CCC2C3)cc1. The van der Waals surface area contributed by atoms with Gasteiger partial charge < -0.3 is 4.74 Å². The van der Waals surface area contributed by atoms with E-state index in [4.69, 9.17) is 16.3 Å². The van der Waals surface area contributed by atoms with Crippen molar-refractivity contribution in [2.75, 3.05) is 6.61 Å². The molecule has 3 atom stereocenters. The number of benzene rings is 1. The van der Waals surface area contributed by atoms with Crippen LogP contribution < -0.4 is 4.74 Å². The summed E-state index contributed by atoms with van der Waals surface area (Å²) in [4.78, 5) is 0. The van der Waals surface area contributed by atoms with Crippen LogP contribution in [0, 0.1) is 17.8 Å². The van der Waals surface area contributed by atoms with Crippen molar-refractivity contribution in [3.05, 3.63) is 29.8 Å². The largest absolute Gasteiger partial charge is 0.493 e. The molecule has 0 radical (unpaired) electrons. The number of hydrogen-bond donors (Lipinski definition) is 0. The van der Waals surface area contributed by atoms with Crippen LogP contribution in [0.2, 0.25) is 0 Å². The quantitative estimate of drug-likeness (QED) is 0.727. The second kappa shape index (κ2) is 4.89.